The summed E-state index contributed by atoms with van der Waals surface area (Å²) in [6.07, 6.45) is 2.83. The van der Waals surface area contributed by atoms with E-state index in [1.807, 2.05) is 6.07 Å². The maximum atomic E-state index is 10.9. The van der Waals surface area contributed by atoms with Crippen molar-refractivity contribution in [3.8, 4) is 5.75 Å². The molecule has 1 aromatic carbocycles. The number of nitro groups is 1. The third-order valence-corrected chi connectivity index (χ3v) is 3.16. The highest BCUT2D eigenvalue weighted by atomic mass is 16.6. The van der Waals surface area contributed by atoms with E-state index in [-0.39, 0.29) is 10.6 Å². The van der Waals surface area contributed by atoms with Gasteiger partial charge in [-0.1, -0.05) is 13.8 Å². The van der Waals surface area contributed by atoms with E-state index < -0.39 is 0 Å². The molecule has 19 heavy (non-hydrogen) atoms. The van der Waals surface area contributed by atoms with E-state index in [9.17, 15) is 10.1 Å². The lowest BCUT2D eigenvalue weighted by molar-refractivity contribution is -0.385. The Hall–Kier alpha value is -1.62. The van der Waals surface area contributed by atoms with Crippen LogP contribution in [0.25, 0.3) is 0 Å². The highest BCUT2D eigenvalue weighted by molar-refractivity contribution is 5.42. The molecule has 0 fully saturated rings. The molecule has 1 atom stereocenters. The van der Waals surface area contributed by atoms with Gasteiger partial charge in [-0.3, -0.25) is 10.1 Å². The van der Waals surface area contributed by atoms with Crippen LogP contribution >= 0.6 is 0 Å². The second-order valence-electron chi connectivity index (χ2n) is 4.50. The molecular weight excluding hydrogens is 244 g/mol. The molecular formula is C14H22N2O3. The first-order chi connectivity index (χ1) is 9.10. The van der Waals surface area contributed by atoms with Crippen LogP contribution in [0.5, 0.6) is 5.75 Å². The molecule has 5 heteroatoms. The van der Waals surface area contributed by atoms with Crippen molar-refractivity contribution in [3.05, 3.63) is 33.9 Å². The molecule has 0 saturated carbocycles. The van der Waals surface area contributed by atoms with Gasteiger partial charge in [-0.05, 0) is 37.4 Å². The monoisotopic (exact) mass is 266 g/mol. The molecule has 0 aromatic heterocycles. The van der Waals surface area contributed by atoms with Gasteiger partial charge in [-0.15, -0.1) is 0 Å². The number of aryl methyl sites for hydroxylation is 1. The van der Waals surface area contributed by atoms with Crippen LogP contribution in [0.4, 0.5) is 5.69 Å². The van der Waals surface area contributed by atoms with Crippen molar-refractivity contribution in [3.63, 3.8) is 0 Å². The zero-order valence-corrected chi connectivity index (χ0v) is 11.8. The zero-order valence-electron chi connectivity index (χ0n) is 11.8. The Bertz CT molecular complexity index is 421. The Morgan fingerprint density at radius 2 is 2.11 bits per heavy atom. The van der Waals surface area contributed by atoms with E-state index in [1.165, 1.54) is 13.2 Å². The molecule has 1 aromatic rings. The number of nitrogens with zero attached hydrogens (tertiary/aromatic N) is 1. The fourth-order valence-corrected chi connectivity index (χ4v) is 2.09. The van der Waals surface area contributed by atoms with E-state index in [2.05, 4.69) is 19.2 Å². The number of non-ortho nitro benzene ring substituents is 1. The number of nitro benzene ring substituents is 1. The first-order valence-electron chi connectivity index (χ1n) is 6.66. The predicted molar refractivity (Wildman–Crippen MR) is 75.7 cm³/mol. The normalized spacial score (nSPS) is 12.2. The largest absolute Gasteiger partial charge is 0.496 e. The number of benzene rings is 1. The van der Waals surface area contributed by atoms with Crippen LogP contribution in [0.2, 0.25) is 0 Å². The zero-order chi connectivity index (χ0) is 14.3. The molecule has 5 nitrogen and oxygen atoms in total. The summed E-state index contributed by atoms with van der Waals surface area (Å²) in [4.78, 5) is 10.5. The number of methoxy groups -OCH3 is 1. The minimum Gasteiger partial charge on any atom is -0.496 e. The number of nitrogens with one attached hydrogen (secondary N) is 1. The fraction of sp³-hybridized carbons (Fsp3) is 0.571. The lowest BCUT2D eigenvalue weighted by atomic mass is 10.0. The number of rotatable bonds is 8. The highest BCUT2D eigenvalue weighted by Gasteiger charge is 2.11. The summed E-state index contributed by atoms with van der Waals surface area (Å²) < 4.78 is 5.11. The molecule has 106 valence electrons. The van der Waals surface area contributed by atoms with Crippen molar-refractivity contribution in [2.75, 3.05) is 13.7 Å². The second kappa shape index (κ2) is 7.74. The molecule has 0 saturated heterocycles. The van der Waals surface area contributed by atoms with Crippen molar-refractivity contribution in [2.45, 2.75) is 39.2 Å². The Labute approximate surface area is 114 Å². The van der Waals surface area contributed by atoms with E-state index in [4.69, 9.17) is 4.74 Å². The van der Waals surface area contributed by atoms with Gasteiger partial charge < -0.3 is 10.1 Å². The molecule has 1 rings (SSSR count). The second-order valence-corrected chi connectivity index (χ2v) is 4.50. The summed E-state index contributed by atoms with van der Waals surface area (Å²) in [6.45, 7) is 5.16. The third-order valence-electron chi connectivity index (χ3n) is 3.16. The standard InChI is InChI=1S/C14H22N2O3/c1-4-12(15-5-2)7-6-11-8-13(16(17)18)10-14(9-11)19-3/h8-10,12,15H,4-7H2,1-3H3. The fourth-order valence-electron chi connectivity index (χ4n) is 2.09. The Balaban J connectivity index is 2.76. The first kappa shape index (κ1) is 15.4. The van der Waals surface area contributed by atoms with Gasteiger partial charge in [0.05, 0.1) is 18.1 Å². The van der Waals surface area contributed by atoms with E-state index in [0.29, 0.717) is 11.8 Å². The van der Waals surface area contributed by atoms with Crippen LogP contribution in [-0.2, 0) is 6.42 Å². The van der Waals surface area contributed by atoms with Crippen molar-refractivity contribution in [1.82, 2.24) is 5.32 Å². The molecule has 0 aliphatic rings. The molecule has 1 N–H and O–H groups in total. The van der Waals surface area contributed by atoms with Gasteiger partial charge in [-0.25, -0.2) is 0 Å². The molecule has 0 amide bonds. The predicted octanol–water partition coefficient (Wildman–Crippen LogP) is 2.92. The van der Waals surface area contributed by atoms with E-state index >= 15 is 0 Å². The minimum atomic E-state index is -0.381. The summed E-state index contributed by atoms with van der Waals surface area (Å²) in [5, 5.41) is 14.3. The molecule has 0 bridgehead atoms. The topological polar surface area (TPSA) is 64.4 Å². The average Bonchev–Trinajstić information content (AvgIpc) is 2.42. The summed E-state index contributed by atoms with van der Waals surface area (Å²) in [5.74, 6) is 0.542. The average molecular weight is 266 g/mol. The molecule has 0 spiro atoms. The summed E-state index contributed by atoms with van der Waals surface area (Å²) in [6, 6.07) is 5.40. The quantitative estimate of drug-likeness (QED) is 0.580. The molecule has 0 radical (unpaired) electrons. The number of hydrogen-bond acceptors (Lipinski definition) is 4. The SMILES string of the molecule is CCNC(CC)CCc1cc(OC)cc([N+](=O)[O-])c1. The van der Waals surface area contributed by atoms with Crippen molar-refractivity contribution < 1.29 is 9.66 Å². The van der Waals surface area contributed by atoms with Crippen LogP contribution in [0.15, 0.2) is 18.2 Å². The Morgan fingerprint density at radius 1 is 1.37 bits per heavy atom. The van der Waals surface area contributed by atoms with E-state index in [0.717, 1.165) is 31.4 Å². The number of hydrogen-bond donors (Lipinski definition) is 1. The summed E-state index contributed by atoms with van der Waals surface area (Å²) >= 11 is 0. The van der Waals surface area contributed by atoms with Crippen LogP contribution in [0.1, 0.15) is 32.3 Å². The van der Waals surface area contributed by atoms with Crippen molar-refractivity contribution in [1.29, 1.82) is 0 Å². The Morgan fingerprint density at radius 3 is 2.63 bits per heavy atom. The smallest absolute Gasteiger partial charge is 0.273 e. The van der Waals surface area contributed by atoms with Crippen LogP contribution < -0.4 is 10.1 Å². The van der Waals surface area contributed by atoms with Gasteiger partial charge >= 0.3 is 0 Å². The first-order valence-corrected chi connectivity index (χ1v) is 6.66. The van der Waals surface area contributed by atoms with Crippen LogP contribution in [0, 0.1) is 10.1 Å². The molecule has 0 heterocycles. The van der Waals surface area contributed by atoms with Gasteiger partial charge in [0.1, 0.15) is 5.75 Å². The molecule has 0 aliphatic carbocycles. The summed E-state index contributed by atoms with van der Waals surface area (Å²) in [5.41, 5.74) is 1.04. The maximum absolute atomic E-state index is 10.9. The highest BCUT2D eigenvalue weighted by Crippen LogP contribution is 2.23. The maximum Gasteiger partial charge on any atom is 0.273 e. The van der Waals surface area contributed by atoms with Crippen LogP contribution in [-0.4, -0.2) is 24.6 Å². The van der Waals surface area contributed by atoms with Crippen molar-refractivity contribution >= 4 is 5.69 Å². The van der Waals surface area contributed by atoms with Gasteiger partial charge in [0.2, 0.25) is 0 Å². The lowest BCUT2D eigenvalue weighted by Gasteiger charge is -2.15. The Kier molecular flexibility index (Phi) is 6.29. The van der Waals surface area contributed by atoms with Gasteiger partial charge in [0, 0.05) is 12.1 Å². The summed E-state index contributed by atoms with van der Waals surface area (Å²) in [7, 11) is 1.52. The van der Waals surface area contributed by atoms with Crippen molar-refractivity contribution in [2.24, 2.45) is 0 Å². The van der Waals surface area contributed by atoms with Gasteiger partial charge in [0.25, 0.3) is 5.69 Å². The number of ether oxygens (including phenoxy) is 1. The van der Waals surface area contributed by atoms with Gasteiger partial charge in [-0.2, -0.15) is 0 Å². The lowest BCUT2D eigenvalue weighted by Crippen LogP contribution is -2.28. The molecule has 0 aliphatic heterocycles. The van der Waals surface area contributed by atoms with E-state index in [1.54, 1.807) is 6.07 Å². The van der Waals surface area contributed by atoms with Crippen LogP contribution in [0.3, 0.4) is 0 Å². The van der Waals surface area contributed by atoms with Gasteiger partial charge in [0.15, 0.2) is 0 Å². The molecule has 1 unspecified atom stereocenters. The third kappa shape index (κ3) is 4.87. The minimum absolute atomic E-state index is 0.0887.